The van der Waals surface area contributed by atoms with Gasteiger partial charge in [-0.15, -0.1) is 0 Å². The smallest absolute Gasteiger partial charge is 0.0420 e. The van der Waals surface area contributed by atoms with Crippen molar-refractivity contribution in [2.24, 2.45) is 0 Å². The minimum Gasteiger partial charge on any atom is -0.316 e. The van der Waals surface area contributed by atoms with Gasteiger partial charge in [-0.3, -0.25) is 4.98 Å². The summed E-state index contributed by atoms with van der Waals surface area (Å²) < 4.78 is 1.04. The van der Waals surface area contributed by atoms with Crippen LogP contribution in [-0.4, -0.2) is 18.1 Å². The Labute approximate surface area is 135 Å². The van der Waals surface area contributed by atoms with Crippen molar-refractivity contribution >= 4 is 15.9 Å². The molecule has 21 heavy (non-hydrogen) atoms. The van der Waals surface area contributed by atoms with E-state index in [2.05, 4.69) is 75.7 Å². The molecule has 2 nitrogen and oxygen atoms in total. The Hall–Kier alpha value is -1.19. The average Bonchev–Trinajstić information content (AvgIpc) is 2.48. The summed E-state index contributed by atoms with van der Waals surface area (Å²) in [7, 11) is 2.08. The second-order valence-corrected chi connectivity index (χ2v) is 6.80. The first-order valence-electron chi connectivity index (χ1n) is 7.58. The number of benzene rings is 1. The molecule has 0 spiro atoms. The molecule has 1 fully saturated rings. The fraction of sp³-hybridized carbons (Fsp3) is 0.389. The second-order valence-electron chi connectivity index (χ2n) is 5.89. The van der Waals surface area contributed by atoms with Crippen molar-refractivity contribution in [2.75, 3.05) is 7.05 Å². The lowest BCUT2D eigenvalue weighted by molar-refractivity contribution is 0.173. The molecule has 1 heterocycles. The van der Waals surface area contributed by atoms with Crippen LogP contribution in [0.5, 0.6) is 0 Å². The van der Waals surface area contributed by atoms with E-state index in [4.69, 9.17) is 0 Å². The van der Waals surface area contributed by atoms with Gasteiger partial charge in [-0.1, -0.05) is 36.8 Å². The summed E-state index contributed by atoms with van der Waals surface area (Å²) in [5, 5.41) is 3.55. The number of nitrogens with one attached hydrogen (secondary N) is 1. The van der Waals surface area contributed by atoms with E-state index in [-0.39, 0.29) is 5.41 Å². The van der Waals surface area contributed by atoms with E-state index in [1.807, 2.05) is 6.20 Å². The van der Waals surface area contributed by atoms with Crippen molar-refractivity contribution in [1.82, 2.24) is 10.3 Å². The quantitative estimate of drug-likeness (QED) is 0.883. The molecule has 1 saturated carbocycles. The third-order valence-corrected chi connectivity index (χ3v) is 5.28. The van der Waals surface area contributed by atoms with Crippen LogP contribution in [0.2, 0.25) is 0 Å². The van der Waals surface area contributed by atoms with Crippen LogP contribution in [-0.2, 0) is 11.8 Å². The highest BCUT2D eigenvalue weighted by Gasteiger charge is 2.44. The van der Waals surface area contributed by atoms with Crippen molar-refractivity contribution < 1.29 is 0 Å². The molecule has 1 unspecified atom stereocenters. The first-order chi connectivity index (χ1) is 10.2. The third kappa shape index (κ3) is 2.90. The van der Waals surface area contributed by atoms with Crippen LogP contribution in [0.25, 0.3) is 0 Å². The van der Waals surface area contributed by atoms with Crippen molar-refractivity contribution in [1.29, 1.82) is 0 Å². The molecular weight excluding hydrogens is 324 g/mol. The minimum atomic E-state index is 0.269. The Morgan fingerprint density at radius 3 is 2.48 bits per heavy atom. The third-order valence-electron chi connectivity index (χ3n) is 4.81. The molecule has 1 atom stereocenters. The number of aromatic nitrogens is 1. The maximum Gasteiger partial charge on any atom is 0.0420 e. The number of nitrogens with zero attached hydrogens (tertiary/aromatic N) is 1. The SMILES string of the molecule is CNC(Cc1ccc(Br)cn1)C1(c2ccccc2)CCC1. The molecule has 0 saturated heterocycles. The molecule has 1 aromatic heterocycles. The zero-order chi connectivity index (χ0) is 14.7. The lowest BCUT2D eigenvalue weighted by Gasteiger charge is -2.48. The van der Waals surface area contributed by atoms with Crippen molar-refractivity contribution in [3.8, 4) is 0 Å². The lowest BCUT2D eigenvalue weighted by atomic mass is 9.59. The number of hydrogen-bond acceptors (Lipinski definition) is 2. The van der Waals surface area contributed by atoms with Crippen LogP contribution < -0.4 is 5.32 Å². The van der Waals surface area contributed by atoms with Gasteiger partial charge in [0, 0.05) is 34.2 Å². The van der Waals surface area contributed by atoms with Gasteiger partial charge in [-0.2, -0.15) is 0 Å². The minimum absolute atomic E-state index is 0.269. The average molecular weight is 345 g/mol. The van der Waals surface area contributed by atoms with E-state index in [9.17, 15) is 0 Å². The first kappa shape index (κ1) is 14.7. The van der Waals surface area contributed by atoms with Gasteiger partial charge in [-0.25, -0.2) is 0 Å². The molecule has 0 amide bonds. The molecule has 110 valence electrons. The first-order valence-corrected chi connectivity index (χ1v) is 8.37. The summed E-state index contributed by atoms with van der Waals surface area (Å²) >= 11 is 3.45. The number of pyridine rings is 1. The monoisotopic (exact) mass is 344 g/mol. The lowest BCUT2D eigenvalue weighted by Crippen LogP contribution is -2.52. The summed E-state index contributed by atoms with van der Waals surface area (Å²) in [6.07, 6.45) is 6.70. The fourth-order valence-corrected chi connectivity index (χ4v) is 3.71. The largest absolute Gasteiger partial charge is 0.316 e. The fourth-order valence-electron chi connectivity index (χ4n) is 3.48. The van der Waals surface area contributed by atoms with Crippen molar-refractivity contribution in [3.05, 3.63) is 64.4 Å². The van der Waals surface area contributed by atoms with E-state index in [1.54, 1.807) is 0 Å². The molecule has 1 N–H and O–H groups in total. The highest BCUT2D eigenvalue weighted by molar-refractivity contribution is 9.10. The molecule has 1 aromatic carbocycles. The molecule has 2 aromatic rings. The molecular formula is C18H21BrN2. The van der Waals surface area contributed by atoms with E-state index in [0.717, 1.165) is 16.6 Å². The maximum atomic E-state index is 4.54. The standard InChI is InChI=1S/C18H21BrN2/c1-20-17(12-16-9-8-15(19)13-21-16)18(10-5-11-18)14-6-3-2-4-7-14/h2-4,6-9,13,17,20H,5,10-12H2,1H3. The molecule has 0 aliphatic heterocycles. The zero-order valence-corrected chi connectivity index (χ0v) is 13.9. The summed E-state index contributed by atoms with van der Waals surface area (Å²) in [6.45, 7) is 0. The summed E-state index contributed by atoms with van der Waals surface area (Å²) in [6, 6.07) is 15.6. The highest BCUT2D eigenvalue weighted by Crippen LogP contribution is 2.47. The topological polar surface area (TPSA) is 24.9 Å². The second kappa shape index (κ2) is 6.29. The number of rotatable bonds is 5. The van der Waals surface area contributed by atoms with Crippen LogP contribution in [0.4, 0.5) is 0 Å². The predicted molar refractivity (Wildman–Crippen MR) is 90.5 cm³/mol. The van der Waals surface area contributed by atoms with E-state index < -0.39 is 0 Å². The van der Waals surface area contributed by atoms with Crippen LogP contribution in [0.15, 0.2) is 53.1 Å². The normalized spacial score (nSPS) is 18.0. The highest BCUT2D eigenvalue weighted by atomic mass is 79.9. The predicted octanol–water partition coefficient (Wildman–Crippen LogP) is 4.10. The molecule has 0 bridgehead atoms. The van der Waals surface area contributed by atoms with E-state index in [0.29, 0.717) is 6.04 Å². The number of likely N-dealkylation sites (N-methyl/N-ethyl adjacent to an activating group) is 1. The summed E-state index contributed by atoms with van der Waals surface area (Å²) in [4.78, 5) is 4.54. The van der Waals surface area contributed by atoms with E-state index >= 15 is 0 Å². The Bertz CT molecular complexity index is 576. The Morgan fingerprint density at radius 1 is 1.19 bits per heavy atom. The van der Waals surface area contributed by atoms with E-state index in [1.165, 1.54) is 24.8 Å². The van der Waals surface area contributed by atoms with Crippen molar-refractivity contribution in [2.45, 2.75) is 37.1 Å². The van der Waals surface area contributed by atoms with Gasteiger partial charge in [0.05, 0.1) is 0 Å². The van der Waals surface area contributed by atoms with Gasteiger partial charge in [0.2, 0.25) is 0 Å². The van der Waals surface area contributed by atoms with Gasteiger partial charge in [0.25, 0.3) is 0 Å². The molecule has 0 radical (unpaired) electrons. The van der Waals surface area contributed by atoms with Crippen LogP contribution in [0.3, 0.4) is 0 Å². The van der Waals surface area contributed by atoms with Crippen LogP contribution in [0.1, 0.15) is 30.5 Å². The van der Waals surface area contributed by atoms with Gasteiger partial charge in [0.1, 0.15) is 0 Å². The molecule has 3 heteroatoms. The van der Waals surface area contributed by atoms with Gasteiger partial charge in [0.15, 0.2) is 0 Å². The van der Waals surface area contributed by atoms with Crippen LogP contribution in [0, 0.1) is 0 Å². The van der Waals surface area contributed by atoms with Crippen molar-refractivity contribution in [3.63, 3.8) is 0 Å². The van der Waals surface area contributed by atoms with Crippen LogP contribution >= 0.6 is 15.9 Å². The molecule has 3 rings (SSSR count). The summed E-state index contributed by atoms with van der Waals surface area (Å²) in [5.41, 5.74) is 2.89. The maximum absolute atomic E-state index is 4.54. The number of halogens is 1. The molecule has 1 aliphatic rings. The van der Waals surface area contributed by atoms with Gasteiger partial charge in [-0.05, 0) is 53.5 Å². The van der Waals surface area contributed by atoms with Gasteiger partial charge < -0.3 is 5.32 Å². The Balaban J connectivity index is 1.85. The number of hydrogen-bond donors (Lipinski definition) is 1. The Morgan fingerprint density at radius 2 is 1.95 bits per heavy atom. The zero-order valence-electron chi connectivity index (χ0n) is 12.3. The Kier molecular flexibility index (Phi) is 4.41. The van der Waals surface area contributed by atoms with Gasteiger partial charge >= 0.3 is 0 Å². The summed E-state index contributed by atoms with van der Waals surface area (Å²) in [5.74, 6) is 0. The molecule has 1 aliphatic carbocycles.